The molecule has 0 aliphatic heterocycles. The number of carbonyl (C=O) groups excluding carboxylic acids is 2. The second kappa shape index (κ2) is 6.18. The van der Waals surface area contributed by atoms with Crippen molar-refractivity contribution in [1.29, 1.82) is 0 Å². The van der Waals surface area contributed by atoms with Crippen molar-refractivity contribution in [1.82, 2.24) is 0 Å². The van der Waals surface area contributed by atoms with Gasteiger partial charge in [0.05, 0.1) is 0 Å². The number of hydrogen-bond acceptors (Lipinski definition) is 4. The van der Waals surface area contributed by atoms with E-state index in [-0.39, 0.29) is 12.6 Å². The molecule has 0 saturated carbocycles. The van der Waals surface area contributed by atoms with E-state index in [4.69, 9.17) is 9.47 Å². The molecular formula is C10H16O4. The van der Waals surface area contributed by atoms with Crippen molar-refractivity contribution >= 4 is 11.9 Å². The second-order valence-electron chi connectivity index (χ2n) is 3.03. The zero-order valence-corrected chi connectivity index (χ0v) is 8.83. The van der Waals surface area contributed by atoms with Crippen LogP contribution < -0.4 is 0 Å². The van der Waals surface area contributed by atoms with E-state index in [1.807, 2.05) is 0 Å². The third-order valence-corrected chi connectivity index (χ3v) is 1.42. The molecule has 80 valence electrons. The van der Waals surface area contributed by atoms with Crippen molar-refractivity contribution in [2.75, 3.05) is 6.61 Å². The molecule has 0 heterocycles. The van der Waals surface area contributed by atoms with E-state index in [9.17, 15) is 9.59 Å². The largest absolute Gasteiger partial charge is 0.462 e. The topological polar surface area (TPSA) is 52.6 Å². The standard InChI is InChI=1S/C10H16O4/c1-5-9(11)13-6-8(4)14-10(12)7(2)3/h8H,2,5-6H2,1,3-4H3. The Bertz CT molecular complexity index is 232. The Morgan fingerprint density at radius 1 is 1.43 bits per heavy atom. The minimum Gasteiger partial charge on any atom is -0.462 e. The lowest BCUT2D eigenvalue weighted by Gasteiger charge is -2.12. The summed E-state index contributed by atoms with van der Waals surface area (Å²) in [5, 5.41) is 0. The highest BCUT2D eigenvalue weighted by Gasteiger charge is 2.11. The van der Waals surface area contributed by atoms with Crippen molar-refractivity contribution in [2.24, 2.45) is 0 Å². The van der Waals surface area contributed by atoms with Gasteiger partial charge in [-0.15, -0.1) is 0 Å². The first-order chi connectivity index (χ1) is 6.47. The minimum atomic E-state index is -0.468. The zero-order chi connectivity index (χ0) is 11.1. The van der Waals surface area contributed by atoms with Crippen LogP contribution in [-0.4, -0.2) is 24.6 Å². The first kappa shape index (κ1) is 12.7. The summed E-state index contributed by atoms with van der Waals surface area (Å²) in [7, 11) is 0. The molecule has 1 unspecified atom stereocenters. The van der Waals surface area contributed by atoms with Crippen molar-refractivity contribution in [3.8, 4) is 0 Å². The number of rotatable bonds is 5. The predicted molar refractivity (Wildman–Crippen MR) is 51.6 cm³/mol. The molecule has 0 aliphatic rings. The molecule has 1 atom stereocenters. The lowest BCUT2D eigenvalue weighted by molar-refractivity contribution is -0.155. The molecule has 0 amide bonds. The van der Waals surface area contributed by atoms with Crippen LogP contribution in [0.15, 0.2) is 12.2 Å². The third kappa shape index (κ3) is 5.35. The first-order valence-electron chi connectivity index (χ1n) is 4.49. The normalized spacial score (nSPS) is 11.6. The summed E-state index contributed by atoms with van der Waals surface area (Å²) in [6.07, 6.45) is -0.115. The Labute approximate surface area is 83.9 Å². The Hall–Kier alpha value is -1.32. The average Bonchev–Trinajstić information content (AvgIpc) is 2.13. The highest BCUT2D eigenvalue weighted by atomic mass is 16.6. The van der Waals surface area contributed by atoms with Crippen LogP contribution in [0.25, 0.3) is 0 Å². The summed E-state index contributed by atoms with van der Waals surface area (Å²) in [6, 6.07) is 0. The van der Waals surface area contributed by atoms with Gasteiger partial charge in [0.25, 0.3) is 0 Å². The summed E-state index contributed by atoms with van der Waals surface area (Å²) in [6.45, 7) is 8.45. The average molecular weight is 200 g/mol. The fourth-order valence-corrected chi connectivity index (χ4v) is 0.630. The van der Waals surface area contributed by atoms with Gasteiger partial charge < -0.3 is 9.47 Å². The number of carbonyl (C=O) groups is 2. The molecular weight excluding hydrogens is 184 g/mol. The lowest BCUT2D eigenvalue weighted by atomic mass is 10.3. The van der Waals surface area contributed by atoms with Gasteiger partial charge >= 0.3 is 11.9 Å². The molecule has 0 aromatic rings. The molecule has 0 aliphatic carbocycles. The van der Waals surface area contributed by atoms with E-state index in [1.54, 1.807) is 20.8 Å². The molecule has 0 aromatic heterocycles. The van der Waals surface area contributed by atoms with Crippen LogP contribution in [0.1, 0.15) is 27.2 Å². The van der Waals surface area contributed by atoms with Gasteiger partial charge in [0.2, 0.25) is 0 Å². The van der Waals surface area contributed by atoms with Crippen molar-refractivity contribution in [3.05, 3.63) is 12.2 Å². The molecule has 4 nitrogen and oxygen atoms in total. The lowest BCUT2D eigenvalue weighted by Crippen LogP contribution is -2.22. The maximum absolute atomic E-state index is 11.0. The van der Waals surface area contributed by atoms with E-state index < -0.39 is 12.1 Å². The van der Waals surface area contributed by atoms with E-state index in [0.717, 1.165) is 0 Å². The molecule has 0 saturated heterocycles. The van der Waals surface area contributed by atoms with Crippen molar-refractivity contribution in [3.63, 3.8) is 0 Å². The van der Waals surface area contributed by atoms with Gasteiger partial charge in [-0.05, 0) is 13.8 Å². The second-order valence-corrected chi connectivity index (χ2v) is 3.03. The fourth-order valence-electron chi connectivity index (χ4n) is 0.630. The van der Waals surface area contributed by atoms with Crippen molar-refractivity contribution < 1.29 is 19.1 Å². The van der Waals surface area contributed by atoms with Crippen LogP contribution in [0.5, 0.6) is 0 Å². The predicted octanol–water partition coefficient (Wildman–Crippen LogP) is 1.45. The molecule has 14 heavy (non-hydrogen) atoms. The quantitative estimate of drug-likeness (QED) is 0.498. The third-order valence-electron chi connectivity index (χ3n) is 1.42. The van der Waals surface area contributed by atoms with Crippen LogP contribution in [0, 0.1) is 0 Å². The van der Waals surface area contributed by atoms with Gasteiger partial charge in [0.1, 0.15) is 12.7 Å². The highest BCUT2D eigenvalue weighted by molar-refractivity contribution is 5.87. The van der Waals surface area contributed by atoms with E-state index >= 15 is 0 Å². The number of esters is 2. The Morgan fingerprint density at radius 2 is 2.00 bits per heavy atom. The fraction of sp³-hybridized carbons (Fsp3) is 0.600. The Kier molecular flexibility index (Phi) is 5.60. The number of hydrogen-bond donors (Lipinski definition) is 0. The molecule has 0 spiro atoms. The van der Waals surface area contributed by atoms with Gasteiger partial charge in [-0.25, -0.2) is 4.79 Å². The summed E-state index contributed by atoms with van der Waals surface area (Å²) in [4.78, 5) is 21.8. The van der Waals surface area contributed by atoms with Crippen LogP contribution in [0.2, 0.25) is 0 Å². The van der Waals surface area contributed by atoms with Crippen LogP contribution >= 0.6 is 0 Å². The smallest absolute Gasteiger partial charge is 0.333 e. The molecule has 0 N–H and O–H groups in total. The summed E-state index contributed by atoms with van der Waals surface area (Å²) >= 11 is 0. The summed E-state index contributed by atoms with van der Waals surface area (Å²) in [5.41, 5.74) is 0.332. The van der Waals surface area contributed by atoms with Gasteiger partial charge in [-0.3, -0.25) is 4.79 Å². The summed E-state index contributed by atoms with van der Waals surface area (Å²) < 4.78 is 9.68. The van der Waals surface area contributed by atoms with Crippen LogP contribution in [0.4, 0.5) is 0 Å². The highest BCUT2D eigenvalue weighted by Crippen LogP contribution is 1.99. The SMILES string of the molecule is C=C(C)C(=O)OC(C)COC(=O)CC. The van der Waals surface area contributed by atoms with Gasteiger partial charge in [0.15, 0.2) is 0 Å². The maximum atomic E-state index is 11.0. The van der Waals surface area contributed by atoms with E-state index in [0.29, 0.717) is 12.0 Å². The Morgan fingerprint density at radius 3 is 2.43 bits per heavy atom. The van der Waals surface area contributed by atoms with Crippen molar-refractivity contribution in [2.45, 2.75) is 33.3 Å². The monoisotopic (exact) mass is 200 g/mol. The van der Waals surface area contributed by atoms with Gasteiger partial charge in [0, 0.05) is 12.0 Å². The minimum absolute atomic E-state index is 0.0890. The van der Waals surface area contributed by atoms with Gasteiger partial charge in [-0.1, -0.05) is 13.5 Å². The maximum Gasteiger partial charge on any atom is 0.333 e. The molecule has 0 rings (SSSR count). The Balaban J connectivity index is 3.76. The molecule has 0 fully saturated rings. The first-order valence-corrected chi connectivity index (χ1v) is 4.49. The van der Waals surface area contributed by atoms with Crippen LogP contribution in [-0.2, 0) is 19.1 Å². The number of ether oxygens (including phenoxy) is 2. The van der Waals surface area contributed by atoms with E-state index in [2.05, 4.69) is 6.58 Å². The summed E-state index contributed by atoms with van der Waals surface area (Å²) in [5.74, 6) is -0.770. The van der Waals surface area contributed by atoms with Gasteiger partial charge in [-0.2, -0.15) is 0 Å². The van der Waals surface area contributed by atoms with E-state index in [1.165, 1.54) is 0 Å². The molecule has 0 radical (unpaired) electrons. The zero-order valence-electron chi connectivity index (χ0n) is 8.83. The van der Waals surface area contributed by atoms with Crippen LogP contribution in [0.3, 0.4) is 0 Å². The molecule has 4 heteroatoms. The molecule has 0 bridgehead atoms. The molecule has 0 aromatic carbocycles.